The van der Waals surface area contributed by atoms with Crippen molar-refractivity contribution >= 4 is 40.5 Å². The molecular weight excluding hydrogens is 326 g/mol. The van der Waals surface area contributed by atoms with E-state index in [1.54, 1.807) is 31.3 Å². The summed E-state index contributed by atoms with van der Waals surface area (Å²) in [6, 6.07) is 12.6. The van der Waals surface area contributed by atoms with Crippen LogP contribution in [0.15, 0.2) is 42.5 Å². The summed E-state index contributed by atoms with van der Waals surface area (Å²) in [7, 11) is 1.70. The molecule has 2 aromatic rings. The van der Waals surface area contributed by atoms with E-state index in [2.05, 4.69) is 10.6 Å². The number of hydrogen-bond acceptors (Lipinski definition) is 3. The molecule has 0 bridgehead atoms. The van der Waals surface area contributed by atoms with Crippen molar-refractivity contribution in [3.8, 4) is 0 Å². The van der Waals surface area contributed by atoms with Crippen LogP contribution in [0.4, 0.5) is 17.1 Å². The van der Waals surface area contributed by atoms with E-state index in [1.165, 1.54) is 11.8 Å². The van der Waals surface area contributed by atoms with Gasteiger partial charge < -0.3 is 15.5 Å². The van der Waals surface area contributed by atoms with Crippen LogP contribution in [-0.2, 0) is 9.59 Å². The lowest BCUT2D eigenvalue weighted by atomic mass is 10.2. The average Bonchev–Trinajstić information content (AvgIpc) is 2.56. The van der Waals surface area contributed by atoms with Crippen LogP contribution >= 0.6 is 11.6 Å². The molecule has 6 heteroatoms. The number of amides is 2. The lowest BCUT2D eigenvalue weighted by Gasteiger charge is -2.15. The van der Waals surface area contributed by atoms with Crippen molar-refractivity contribution < 1.29 is 9.59 Å². The van der Waals surface area contributed by atoms with Crippen molar-refractivity contribution in [2.24, 2.45) is 0 Å². The highest BCUT2D eigenvalue weighted by atomic mass is 35.5. The summed E-state index contributed by atoms with van der Waals surface area (Å²) in [6.07, 6.45) is 0. The van der Waals surface area contributed by atoms with Crippen molar-refractivity contribution in [3.05, 3.63) is 53.1 Å². The molecule has 0 aliphatic rings. The zero-order valence-corrected chi connectivity index (χ0v) is 14.6. The minimum atomic E-state index is -0.165. The Hall–Kier alpha value is -2.53. The van der Waals surface area contributed by atoms with E-state index in [4.69, 9.17) is 11.6 Å². The van der Waals surface area contributed by atoms with Gasteiger partial charge in [0, 0.05) is 36.1 Å². The third kappa shape index (κ3) is 4.49. The van der Waals surface area contributed by atoms with E-state index in [-0.39, 0.29) is 18.4 Å². The molecule has 0 aliphatic heterocycles. The summed E-state index contributed by atoms with van der Waals surface area (Å²) in [5.41, 5.74) is 3.18. The molecule has 2 amide bonds. The number of halogens is 1. The number of benzene rings is 2. The van der Waals surface area contributed by atoms with Crippen molar-refractivity contribution in [2.75, 3.05) is 29.1 Å². The van der Waals surface area contributed by atoms with Gasteiger partial charge in [-0.15, -0.1) is 0 Å². The fourth-order valence-electron chi connectivity index (χ4n) is 2.13. The second kappa shape index (κ2) is 7.84. The molecule has 0 atom stereocenters. The zero-order valence-electron chi connectivity index (χ0n) is 13.9. The second-order valence-corrected chi connectivity index (χ2v) is 5.85. The topological polar surface area (TPSA) is 61.4 Å². The van der Waals surface area contributed by atoms with Crippen LogP contribution in [0.25, 0.3) is 0 Å². The number of carbonyl (C=O) groups excluding carboxylic acids is 2. The third-order valence-corrected chi connectivity index (χ3v) is 4.13. The Morgan fingerprint density at radius 3 is 2.42 bits per heavy atom. The van der Waals surface area contributed by atoms with Gasteiger partial charge in [0.1, 0.15) is 0 Å². The Labute approximate surface area is 146 Å². The quantitative estimate of drug-likeness (QED) is 0.869. The minimum Gasteiger partial charge on any atom is -0.376 e. The normalized spacial score (nSPS) is 10.2. The first-order valence-corrected chi connectivity index (χ1v) is 7.89. The summed E-state index contributed by atoms with van der Waals surface area (Å²) >= 11 is 6.05. The maximum atomic E-state index is 12.0. The van der Waals surface area contributed by atoms with E-state index >= 15 is 0 Å². The van der Waals surface area contributed by atoms with Crippen molar-refractivity contribution in [1.82, 2.24) is 0 Å². The molecule has 0 spiro atoms. The third-order valence-electron chi connectivity index (χ3n) is 3.72. The number of hydrogen-bond donors (Lipinski definition) is 2. The van der Waals surface area contributed by atoms with Gasteiger partial charge in [-0.25, -0.2) is 0 Å². The number of carbonyl (C=O) groups is 2. The first-order valence-electron chi connectivity index (χ1n) is 7.51. The maximum Gasteiger partial charge on any atom is 0.243 e. The summed E-state index contributed by atoms with van der Waals surface area (Å²) in [5.74, 6) is -0.213. The largest absolute Gasteiger partial charge is 0.376 e. The maximum absolute atomic E-state index is 12.0. The predicted octanol–water partition coefficient (Wildman–Crippen LogP) is 3.68. The Bertz CT molecular complexity index is 744. The standard InChI is InChI=1S/C18H20ClN3O2/c1-12-16(19)5-4-6-17(12)20-11-18(24)21-14-7-9-15(10-8-14)22(3)13(2)23/h4-10,20H,11H2,1-3H3,(H,21,24). The van der Waals surface area contributed by atoms with Gasteiger partial charge in [-0.3, -0.25) is 9.59 Å². The molecule has 126 valence electrons. The highest BCUT2D eigenvalue weighted by molar-refractivity contribution is 6.31. The van der Waals surface area contributed by atoms with E-state index in [9.17, 15) is 9.59 Å². The van der Waals surface area contributed by atoms with Gasteiger partial charge in [0.05, 0.1) is 6.54 Å². The number of rotatable bonds is 5. The fourth-order valence-corrected chi connectivity index (χ4v) is 2.30. The second-order valence-electron chi connectivity index (χ2n) is 5.44. The molecule has 0 saturated carbocycles. The Morgan fingerprint density at radius 1 is 1.12 bits per heavy atom. The van der Waals surface area contributed by atoms with Crippen LogP contribution in [0.2, 0.25) is 5.02 Å². The Balaban J connectivity index is 1.93. The molecule has 0 aromatic heterocycles. The summed E-state index contributed by atoms with van der Waals surface area (Å²) in [4.78, 5) is 24.9. The van der Waals surface area contributed by atoms with Gasteiger partial charge in [-0.1, -0.05) is 17.7 Å². The van der Waals surface area contributed by atoms with Gasteiger partial charge in [0.2, 0.25) is 11.8 Å². The Kier molecular flexibility index (Phi) is 5.82. The predicted molar refractivity (Wildman–Crippen MR) is 98.8 cm³/mol. The zero-order chi connectivity index (χ0) is 17.7. The molecule has 0 aliphatic carbocycles. The fraction of sp³-hybridized carbons (Fsp3) is 0.222. The summed E-state index contributed by atoms with van der Waals surface area (Å²) in [6.45, 7) is 3.53. The molecule has 0 saturated heterocycles. The van der Waals surface area contributed by atoms with Crippen LogP contribution in [-0.4, -0.2) is 25.4 Å². The van der Waals surface area contributed by atoms with E-state index in [0.717, 1.165) is 16.9 Å². The molecule has 0 unspecified atom stereocenters. The summed E-state index contributed by atoms with van der Waals surface area (Å²) < 4.78 is 0. The van der Waals surface area contributed by atoms with Crippen LogP contribution in [0.1, 0.15) is 12.5 Å². The van der Waals surface area contributed by atoms with Gasteiger partial charge in [0.25, 0.3) is 0 Å². The number of nitrogens with one attached hydrogen (secondary N) is 2. The molecule has 2 N–H and O–H groups in total. The lowest BCUT2D eigenvalue weighted by molar-refractivity contribution is -0.116. The van der Waals surface area contributed by atoms with Crippen molar-refractivity contribution in [1.29, 1.82) is 0 Å². The Morgan fingerprint density at radius 2 is 1.79 bits per heavy atom. The molecule has 0 heterocycles. The molecular formula is C18H20ClN3O2. The molecule has 24 heavy (non-hydrogen) atoms. The SMILES string of the molecule is CC(=O)N(C)c1ccc(NC(=O)CNc2cccc(Cl)c2C)cc1. The van der Waals surface area contributed by atoms with E-state index in [1.807, 2.05) is 25.1 Å². The van der Waals surface area contributed by atoms with E-state index in [0.29, 0.717) is 10.7 Å². The first-order chi connectivity index (χ1) is 11.4. The van der Waals surface area contributed by atoms with Crippen LogP contribution in [0.3, 0.4) is 0 Å². The molecule has 2 rings (SSSR count). The van der Waals surface area contributed by atoms with Gasteiger partial charge in [-0.2, -0.15) is 0 Å². The van der Waals surface area contributed by atoms with Crippen LogP contribution in [0.5, 0.6) is 0 Å². The van der Waals surface area contributed by atoms with E-state index < -0.39 is 0 Å². The average molecular weight is 346 g/mol. The molecule has 0 radical (unpaired) electrons. The number of nitrogens with zero attached hydrogens (tertiary/aromatic N) is 1. The summed E-state index contributed by atoms with van der Waals surface area (Å²) in [5, 5.41) is 6.53. The highest BCUT2D eigenvalue weighted by Gasteiger charge is 2.07. The minimum absolute atomic E-state index is 0.0483. The van der Waals surface area contributed by atoms with Crippen LogP contribution < -0.4 is 15.5 Å². The monoisotopic (exact) mass is 345 g/mol. The molecule has 0 fully saturated rings. The number of anilines is 3. The molecule has 5 nitrogen and oxygen atoms in total. The first kappa shape index (κ1) is 17.8. The van der Waals surface area contributed by atoms with Crippen molar-refractivity contribution in [3.63, 3.8) is 0 Å². The highest BCUT2D eigenvalue weighted by Crippen LogP contribution is 2.22. The molecule has 2 aromatic carbocycles. The van der Waals surface area contributed by atoms with Crippen LogP contribution in [0, 0.1) is 6.92 Å². The van der Waals surface area contributed by atoms with Gasteiger partial charge >= 0.3 is 0 Å². The smallest absolute Gasteiger partial charge is 0.243 e. The van der Waals surface area contributed by atoms with Gasteiger partial charge in [0.15, 0.2) is 0 Å². The van der Waals surface area contributed by atoms with Gasteiger partial charge in [-0.05, 0) is 48.9 Å². The van der Waals surface area contributed by atoms with Crippen molar-refractivity contribution in [2.45, 2.75) is 13.8 Å². The lowest BCUT2D eigenvalue weighted by Crippen LogP contribution is -2.23.